The van der Waals surface area contributed by atoms with E-state index in [-0.39, 0.29) is 5.91 Å². The first-order chi connectivity index (χ1) is 10.1. The summed E-state index contributed by atoms with van der Waals surface area (Å²) in [5.41, 5.74) is 8.90. The standard InChI is InChI=1S/C16H16N4O/c1-20(10-11-3-2-6-18-9-11)16(21)15-8-12-7-13(17)4-5-14(12)19-15/h2-9,19H,10,17H2,1H3. The predicted octanol–water partition coefficient (Wildman–Crippen LogP) is 2.42. The molecule has 0 unspecified atom stereocenters. The van der Waals surface area contributed by atoms with Crippen molar-refractivity contribution >= 4 is 22.5 Å². The number of carbonyl (C=O) groups is 1. The Hall–Kier alpha value is -2.82. The van der Waals surface area contributed by atoms with Crippen LogP contribution in [0.3, 0.4) is 0 Å². The van der Waals surface area contributed by atoms with Gasteiger partial charge in [0.1, 0.15) is 5.69 Å². The second-order valence-electron chi connectivity index (χ2n) is 5.05. The van der Waals surface area contributed by atoms with Gasteiger partial charge in [-0.15, -0.1) is 0 Å². The minimum Gasteiger partial charge on any atom is -0.399 e. The van der Waals surface area contributed by atoms with Crippen molar-refractivity contribution in [1.29, 1.82) is 0 Å². The number of amides is 1. The molecule has 3 rings (SSSR count). The van der Waals surface area contributed by atoms with Crippen LogP contribution in [-0.4, -0.2) is 27.8 Å². The van der Waals surface area contributed by atoms with E-state index < -0.39 is 0 Å². The number of nitrogens with zero attached hydrogens (tertiary/aromatic N) is 2. The number of benzene rings is 1. The summed E-state index contributed by atoms with van der Waals surface area (Å²) in [6.07, 6.45) is 3.48. The van der Waals surface area contributed by atoms with E-state index in [4.69, 9.17) is 5.73 Å². The van der Waals surface area contributed by atoms with Gasteiger partial charge in [-0.25, -0.2) is 0 Å². The van der Waals surface area contributed by atoms with Crippen LogP contribution in [0.15, 0.2) is 48.8 Å². The van der Waals surface area contributed by atoms with Crippen molar-refractivity contribution < 1.29 is 4.79 Å². The Morgan fingerprint density at radius 1 is 1.33 bits per heavy atom. The number of anilines is 1. The number of nitrogens with two attached hydrogens (primary N) is 1. The largest absolute Gasteiger partial charge is 0.399 e. The van der Waals surface area contributed by atoms with E-state index in [0.29, 0.717) is 17.9 Å². The van der Waals surface area contributed by atoms with Gasteiger partial charge in [0, 0.05) is 42.6 Å². The highest BCUT2D eigenvalue weighted by atomic mass is 16.2. The molecule has 1 amide bonds. The molecule has 0 atom stereocenters. The summed E-state index contributed by atoms with van der Waals surface area (Å²) in [5, 5.41) is 0.938. The lowest BCUT2D eigenvalue weighted by molar-refractivity contribution is 0.0780. The number of hydrogen-bond donors (Lipinski definition) is 2. The molecule has 0 fully saturated rings. The van der Waals surface area contributed by atoms with Gasteiger partial charge >= 0.3 is 0 Å². The zero-order valence-corrected chi connectivity index (χ0v) is 11.7. The first kappa shape index (κ1) is 13.2. The Balaban J connectivity index is 1.82. The highest BCUT2D eigenvalue weighted by molar-refractivity contribution is 5.98. The normalized spacial score (nSPS) is 10.7. The third-order valence-electron chi connectivity index (χ3n) is 3.36. The molecule has 3 aromatic rings. The SMILES string of the molecule is CN(Cc1cccnc1)C(=O)c1cc2cc(N)ccc2[nH]1. The van der Waals surface area contributed by atoms with E-state index in [0.717, 1.165) is 16.5 Å². The van der Waals surface area contributed by atoms with Gasteiger partial charge in [0.25, 0.3) is 5.91 Å². The summed E-state index contributed by atoms with van der Waals surface area (Å²) in [4.78, 5) is 21.3. The summed E-state index contributed by atoms with van der Waals surface area (Å²) in [5.74, 6) is -0.0615. The molecule has 0 saturated carbocycles. The zero-order valence-electron chi connectivity index (χ0n) is 11.7. The van der Waals surface area contributed by atoms with E-state index in [1.54, 1.807) is 24.3 Å². The maximum absolute atomic E-state index is 12.4. The second kappa shape index (κ2) is 5.28. The van der Waals surface area contributed by atoms with Gasteiger partial charge in [-0.1, -0.05) is 6.07 Å². The zero-order chi connectivity index (χ0) is 14.8. The van der Waals surface area contributed by atoms with Gasteiger partial charge in [-0.2, -0.15) is 0 Å². The average Bonchev–Trinajstić information content (AvgIpc) is 2.90. The maximum Gasteiger partial charge on any atom is 0.270 e. The van der Waals surface area contributed by atoms with Crippen LogP contribution in [0.1, 0.15) is 16.1 Å². The van der Waals surface area contributed by atoms with Crippen LogP contribution in [0, 0.1) is 0 Å². The van der Waals surface area contributed by atoms with Crippen LogP contribution in [0.25, 0.3) is 10.9 Å². The molecule has 21 heavy (non-hydrogen) atoms. The maximum atomic E-state index is 12.4. The molecule has 5 heteroatoms. The van der Waals surface area contributed by atoms with Crippen molar-refractivity contribution in [2.45, 2.75) is 6.54 Å². The molecule has 0 aliphatic carbocycles. The van der Waals surface area contributed by atoms with Crippen LogP contribution in [0.2, 0.25) is 0 Å². The number of aromatic nitrogens is 2. The van der Waals surface area contributed by atoms with E-state index in [9.17, 15) is 4.79 Å². The van der Waals surface area contributed by atoms with Crippen LogP contribution < -0.4 is 5.73 Å². The Bertz CT molecular complexity index is 779. The molecule has 3 N–H and O–H groups in total. The fourth-order valence-electron chi connectivity index (χ4n) is 2.31. The number of fused-ring (bicyclic) bond motifs is 1. The monoisotopic (exact) mass is 280 g/mol. The summed E-state index contributed by atoms with van der Waals surface area (Å²) < 4.78 is 0. The number of rotatable bonds is 3. The third kappa shape index (κ3) is 2.72. The molecule has 2 aromatic heterocycles. The first-order valence-electron chi connectivity index (χ1n) is 6.66. The van der Waals surface area contributed by atoms with E-state index in [1.165, 1.54) is 0 Å². The van der Waals surface area contributed by atoms with Crippen molar-refractivity contribution in [2.24, 2.45) is 0 Å². The fourth-order valence-corrected chi connectivity index (χ4v) is 2.31. The fraction of sp³-hybridized carbons (Fsp3) is 0.125. The molecule has 2 heterocycles. The van der Waals surface area contributed by atoms with Crippen LogP contribution in [-0.2, 0) is 6.54 Å². The van der Waals surface area contributed by atoms with Crippen LogP contribution in [0.4, 0.5) is 5.69 Å². The smallest absolute Gasteiger partial charge is 0.270 e. The molecule has 0 aliphatic heterocycles. The number of hydrogen-bond acceptors (Lipinski definition) is 3. The highest BCUT2D eigenvalue weighted by Crippen LogP contribution is 2.19. The van der Waals surface area contributed by atoms with Crippen LogP contribution in [0.5, 0.6) is 0 Å². The Labute approximate surface area is 122 Å². The first-order valence-corrected chi connectivity index (χ1v) is 6.66. The molecular weight excluding hydrogens is 264 g/mol. The number of H-pyrrole nitrogens is 1. The summed E-state index contributed by atoms with van der Waals surface area (Å²) in [6.45, 7) is 0.518. The Morgan fingerprint density at radius 3 is 2.95 bits per heavy atom. The quantitative estimate of drug-likeness (QED) is 0.723. The molecule has 0 radical (unpaired) electrons. The average molecular weight is 280 g/mol. The number of pyridine rings is 1. The Kier molecular flexibility index (Phi) is 3.31. The minimum atomic E-state index is -0.0615. The number of aromatic amines is 1. The van der Waals surface area contributed by atoms with Gasteiger partial charge in [0.15, 0.2) is 0 Å². The lowest BCUT2D eigenvalue weighted by Crippen LogP contribution is -2.26. The summed E-state index contributed by atoms with van der Waals surface area (Å²) >= 11 is 0. The summed E-state index contributed by atoms with van der Waals surface area (Å²) in [6, 6.07) is 11.2. The molecular formula is C16H16N4O. The molecule has 0 spiro atoms. The third-order valence-corrected chi connectivity index (χ3v) is 3.36. The van der Waals surface area contributed by atoms with Gasteiger partial charge in [-0.3, -0.25) is 9.78 Å². The highest BCUT2D eigenvalue weighted by Gasteiger charge is 2.14. The van der Waals surface area contributed by atoms with Gasteiger partial charge < -0.3 is 15.6 Å². The van der Waals surface area contributed by atoms with Gasteiger partial charge in [0.2, 0.25) is 0 Å². The molecule has 1 aromatic carbocycles. The molecule has 106 valence electrons. The van der Waals surface area contributed by atoms with Gasteiger partial charge in [-0.05, 0) is 35.9 Å². The number of nitrogen functional groups attached to an aromatic ring is 1. The lowest BCUT2D eigenvalue weighted by atomic mass is 10.2. The van der Waals surface area contributed by atoms with E-state index in [1.807, 2.05) is 36.4 Å². The van der Waals surface area contributed by atoms with Crippen molar-refractivity contribution in [3.63, 3.8) is 0 Å². The van der Waals surface area contributed by atoms with Crippen molar-refractivity contribution in [3.05, 3.63) is 60.0 Å². The van der Waals surface area contributed by atoms with Crippen molar-refractivity contribution in [2.75, 3.05) is 12.8 Å². The molecule has 5 nitrogen and oxygen atoms in total. The minimum absolute atomic E-state index is 0.0615. The van der Waals surface area contributed by atoms with E-state index in [2.05, 4.69) is 9.97 Å². The molecule has 0 bridgehead atoms. The molecule has 0 aliphatic rings. The van der Waals surface area contributed by atoms with Crippen molar-refractivity contribution in [1.82, 2.24) is 14.9 Å². The second-order valence-corrected chi connectivity index (χ2v) is 5.05. The predicted molar refractivity (Wildman–Crippen MR) is 82.7 cm³/mol. The Morgan fingerprint density at radius 2 is 2.19 bits per heavy atom. The van der Waals surface area contributed by atoms with Gasteiger partial charge in [0.05, 0.1) is 0 Å². The summed E-state index contributed by atoms with van der Waals surface area (Å²) in [7, 11) is 1.77. The number of nitrogens with one attached hydrogen (secondary N) is 1. The van der Waals surface area contributed by atoms with E-state index >= 15 is 0 Å². The number of carbonyl (C=O) groups excluding carboxylic acids is 1. The topological polar surface area (TPSA) is 75.0 Å². The lowest BCUT2D eigenvalue weighted by Gasteiger charge is -2.16. The molecule has 0 saturated heterocycles. The van der Waals surface area contributed by atoms with Crippen molar-refractivity contribution in [3.8, 4) is 0 Å². The van der Waals surface area contributed by atoms with Crippen LogP contribution >= 0.6 is 0 Å².